The summed E-state index contributed by atoms with van der Waals surface area (Å²) in [4.78, 5) is 4.46. The van der Waals surface area contributed by atoms with Crippen molar-refractivity contribution in [2.45, 2.75) is 63.0 Å². The van der Waals surface area contributed by atoms with E-state index in [4.69, 9.17) is 10.5 Å². The Morgan fingerprint density at radius 1 is 1.12 bits per heavy atom. The summed E-state index contributed by atoms with van der Waals surface area (Å²) in [5.74, 6) is 1.58. The molecule has 0 radical (unpaired) electrons. The van der Waals surface area contributed by atoms with E-state index < -0.39 is 0 Å². The molecule has 0 aliphatic heterocycles. The Labute approximate surface area is 106 Å². The number of hydrogen-bond acceptors (Lipinski definition) is 5. The first kappa shape index (κ1) is 11.4. The first-order valence-corrected chi connectivity index (χ1v) is 7.36. The first-order valence-electron chi connectivity index (χ1n) is 6.59. The van der Waals surface area contributed by atoms with Crippen LogP contribution >= 0.6 is 11.5 Å². The van der Waals surface area contributed by atoms with Crippen LogP contribution in [0.1, 0.15) is 56.7 Å². The van der Waals surface area contributed by atoms with Gasteiger partial charge in [0.15, 0.2) is 0 Å². The first-order chi connectivity index (χ1) is 8.33. The number of ether oxygens (including phenoxy) is 1. The van der Waals surface area contributed by atoms with Crippen molar-refractivity contribution in [3.8, 4) is 5.19 Å². The summed E-state index contributed by atoms with van der Waals surface area (Å²) < 4.78 is 10.3. The Kier molecular flexibility index (Phi) is 3.29. The molecule has 2 saturated carbocycles. The minimum Gasteiger partial charge on any atom is -0.464 e. The van der Waals surface area contributed by atoms with Gasteiger partial charge in [0.05, 0.1) is 0 Å². The molecule has 5 heteroatoms. The van der Waals surface area contributed by atoms with Gasteiger partial charge in [-0.25, -0.2) is 0 Å². The summed E-state index contributed by atoms with van der Waals surface area (Å²) in [6, 6.07) is 0.158. The Bertz CT molecular complexity index is 378. The van der Waals surface area contributed by atoms with Gasteiger partial charge >= 0.3 is 0 Å². The van der Waals surface area contributed by atoms with Crippen LogP contribution in [-0.4, -0.2) is 21.5 Å². The molecule has 0 amide bonds. The van der Waals surface area contributed by atoms with E-state index >= 15 is 0 Å². The summed E-state index contributed by atoms with van der Waals surface area (Å²) in [6.07, 6.45) is 8.45. The number of hydrogen-bond donors (Lipinski definition) is 1. The molecule has 17 heavy (non-hydrogen) atoms. The maximum absolute atomic E-state index is 6.14. The highest BCUT2D eigenvalue weighted by molar-refractivity contribution is 7.07. The van der Waals surface area contributed by atoms with Crippen LogP contribution in [0.4, 0.5) is 0 Å². The molecule has 3 rings (SSSR count). The fraction of sp³-hybridized carbons (Fsp3) is 0.833. The molecular weight excluding hydrogens is 234 g/mol. The normalized spacial score (nSPS) is 29.9. The van der Waals surface area contributed by atoms with Crippen LogP contribution in [0.5, 0.6) is 5.19 Å². The van der Waals surface area contributed by atoms with Gasteiger partial charge < -0.3 is 10.5 Å². The topological polar surface area (TPSA) is 61.0 Å². The maximum Gasteiger partial charge on any atom is 0.293 e. The van der Waals surface area contributed by atoms with Gasteiger partial charge in [-0.1, -0.05) is 12.8 Å². The molecule has 94 valence electrons. The predicted octanol–water partition coefficient (Wildman–Crippen LogP) is 2.45. The van der Waals surface area contributed by atoms with Crippen molar-refractivity contribution in [1.29, 1.82) is 0 Å². The highest BCUT2D eigenvalue weighted by Crippen LogP contribution is 2.39. The van der Waals surface area contributed by atoms with Gasteiger partial charge in [-0.05, 0) is 32.1 Å². The fourth-order valence-corrected chi connectivity index (χ4v) is 3.02. The maximum atomic E-state index is 6.14. The van der Waals surface area contributed by atoms with Gasteiger partial charge in [-0.3, -0.25) is 0 Å². The lowest BCUT2D eigenvalue weighted by Gasteiger charge is -2.20. The van der Waals surface area contributed by atoms with Crippen LogP contribution in [0.15, 0.2) is 0 Å². The largest absolute Gasteiger partial charge is 0.464 e. The molecule has 4 nitrogen and oxygen atoms in total. The van der Waals surface area contributed by atoms with Crippen molar-refractivity contribution in [3.63, 3.8) is 0 Å². The molecule has 2 unspecified atom stereocenters. The molecule has 0 bridgehead atoms. The van der Waals surface area contributed by atoms with E-state index in [0.717, 1.165) is 18.7 Å². The average molecular weight is 253 g/mol. The van der Waals surface area contributed by atoms with Gasteiger partial charge in [0, 0.05) is 23.5 Å². The van der Waals surface area contributed by atoms with Gasteiger partial charge in [-0.15, -0.1) is 0 Å². The lowest BCUT2D eigenvalue weighted by Crippen LogP contribution is -2.37. The van der Waals surface area contributed by atoms with E-state index in [-0.39, 0.29) is 12.1 Å². The predicted molar refractivity (Wildman–Crippen MR) is 67.4 cm³/mol. The molecule has 1 heterocycles. The van der Waals surface area contributed by atoms with E-state index in [1.54, 1.807) is 0 Å². The van der Waals surface area contributed by atoms with Crippen LogP contribution in [0.2, 0.25) is 0 Å². The van der Waals surface area contributed by atoms with Crippen molar-refractivity contribution < 1.29 is 4.74 Å². The quantitative estimate of drug-likeness (QED) is 0.841. The summed E-state index contributed by atoms with van der Waals surface area (Å²) in [5, 5.41) is 0.717. The minimum absolute atomic E-state index is 0.137. The van der Waals surface area contributed by atoms with E-state index in [0.29, 0.717) is 11.1 Å². The second-order valence-corrected chi connectivity index (χ2v) is 5.87. The van der Waals surface area contributed by atoms with E-state index in [1.165, 1.54) is 43.6 Å². The van der Waals surface area contributed by atoms with Crippen molar-refractivity contribution in [1.82, 2.24) is 9.36 Å². The molecular formula is C12H19N3OS. The Hall–Kier alpha value is -0.680. The zero-order chi connectivity index (χ0) is 11.7. The molecule has 0 aromatic carbocycles. The van der Waals surface area contributed by atoms with Crippen LogP contribution in [0, 0.1) is 0 Å². The van der Waals surface area contributed by atoms with Gasteiger partial charge in [0.2, 0.25) is 0 Å². The summed E-state index contributed by atoms with van der Waals surface area (Å²) in [6.45, 7) is 0. The summed E-state index contributed by atoms with van der Waals surface area (Å²) in [7, 11) is 0. The van der Waals surface area contributed by atoms with Gasteiger partial charge in [0.25, 0.3) is 5.19 Å². The van der Waals surface area contributed by atoms with Crippen LogP contribution in [-0.2, 0) is 0 Å². The zero-order valence-corrected chi connectivity index (χ0v) is 10.8. The molecule has 2 atom stereocenters. The van der Waals surface area contributed by atoms with E-state index in [9.17, 15) is 0 Å². The molecule has 2 fully saturated rings. The third-order valence-corrected chi connectivity index (χ3v) is 4.24. The Balaban J connectivity index is 1.63. The van der Waals surface area contributed by atoms with Gasteiger partial charge in [0.1, 0.15) is 11.9 Å². The molecule has 0 saturated heterocycles. The molecule has 1 aromatic rings. The molecule has 2 aliphatic carbocycles. The van der Waals surface area contributed by atoms with Crippen molar-refractivity contribution in [2.24, 2.45) is 5.73 Å². The highest BCUT2D eigenvalue weighted by atomic mass is 32.1. The lowest BCUT2D eigenvalue weighted by atomic mass is 10.1. The molecule has 1 aromatic heterocycles. The van der Waals surface area contributed by atoms with Crippen LogP contribution in [0.3, 0.4) is 0 Å². The zero-order valence-electron chi connectivity index (χ0n) is 9.97. The standard InChI is InChI=1S/C12H19N3OS/c13-9-4-2-1-3-5-10(9)16-12-14-11(15-17-12)8-6-7-8/h8-10H,1-7,13H2. The van der Waals surface area contributed by atoms with Crippen LogP contribution < -0.4 is 10.5 Å². The number of nitrogens with two attached hydrogens (primary N) is 1. The van der Waals surface area contributed by atoms with Crippen LogP contribution in [0.25, 0.3) is 0 Å². The molecule has 2 N–H and O–H groups in total. The fourth-order valence-electron chi connectivity index (χ4n) is 2.35. The summed E-state index contributed by atoms with van der Waals surface area (Å²) in [5.41, 5.74) is 6.14. The SMILES string of the molecule is NC1CCCCCC1Oc1nc(C2CC2)ns1. The average Bonchev–Trinajstić information content (AvgIpc) is 3.09. The van der Waals surface area contributed by atoms with Gasteiger partial charge in [-0.2, -0.15) is 9.36 Å². The number of rotatable bonds is 3. The second kappa shape index (κ2) is 4.90. The molecule has 0 spiro atoms. The van der Waals surface area contributed by atoms with Crippen molar-refractivity contribution >= 4 is 11.5 Å². The Morgan fingerprint density at radius 3 is 2.76 bits per heavy atom. The monoisotopic (exact) mass is 253 g/mol. The molecule has 2 aliphatic rings. The summed E-state index contributed by atoms with van der Waals surface area (Å²) >= 11 is 1.38. The third kappa shape index (κ3) is 2.77. The van der Waals surface area contributed by atoms with Crippen molar-refractivity contribution in [3.05, 3.63) is 5.82 Å². The second-order valence-electron chi connectivity index (χ2n) is 5.15. The van der Waals surface area contributed by atoms with E-state index in [2.05, 4.69) is 9.36 Å². The number of aromatic nitrogens is 2. The van der Waals surface area contributed by atoms with E-state index in [1.807, 2.05) is 0 Å². The minimum atomic E-state index is 0.137. The van der Waals surface area contributed by atoms with Crippen molar-refractivity contribution in [2.75, 3.05) is 0 Å². The Morgan fingerprint density at radius 2 is 1.94 bits per heavy atom. The third-order valence-electron chi connectivity index (χ3n) is 3.62. The smallest absolute Gasteiger partial charge is 0.293 e. The highest BCUT2D eigenvalue weighted by Gasteiger charge is 2.29. The lowest BCUT2D eigenvalue weighted by molar-refractivity contribution is 0.162. The number of nitrogens with zero attached hydrogens (tertiary/aromatic N) is 2.